The number of hydrogen-bond donors (Lipinski definition) is 1. The van der Waals surface area contributed by atoms with Crippen molar-refractivity contribution in [1.29, 1.82) is 0 Å². The third kappa shape index (κ3) is 3.23. The Kier molecular flexibility index (Phi) is 3.92. The SMILES string of the molecule is O=c1ccc2ccc(CN(c3ccccn3)c3ccccn3)nc2[nH]1. The number of anilines is 2. The lowest BCUT2D eigenvalue weighted by molar-refractivity contribution is 0.892. The second-order valence-corrected chi connectivity index (χ2v) is 5.53. The fourth-order valence-electron chi connectivity index (χ4n) is 2.63. The Hall–Kier alpha value is -3.54. The zero-order valence-electron chi connectivity index (χ0n) is 13.3. The third-order valence-electron chi connectivity index (χ3n) is 3.81. The van der Waals surface area contributed by atoms with Crippen molar-refractivity contribution in [2.24, 2.45) is 0 Å². The minimum atomic E-state index is -0.163. The van der Waals surface area contributed by atoms with Gasteiger partial charge in [-0.1, -0.05) is 12.1 Å². The molecule has 0 aliphatic carbocycles. The van der Waals surface area contributed by atoms with E-state index >= 15 is 0 Å². The molecule has 0 amide bonds. The molecule has 0 unspecified atom stereocenters. The molecule has 0 spiro atoms. The minimum absolute atomic E-state index is 0.163. The second-order valence-electron chi connectivity index (χ2n) is 5.53. The van der Waals surface area contributed by atoms with Gasteiger partial charge in [0.1, 0.15) is 17.3 Å². The first-order valence-electron chi connectivity index (χ1n) is 7.88. The van der Waals surface area contributed by atoms with Crippen LogP contribution in [0, 0.1) is 0 Å². The van der Waals surface area contributed by atoms with Gasteiger partial charge in [-0.3, -0.25) is 4.79 Å². The van der Waals surface area contributed by atoms with Crippen LogP contribution in [0.1, 0.15) is 5.69 Å². The van der Waals surface area contributed by atoms with E-state index in [0.717, 1.165) is 22.7 Å². The van der Waals surface area contributed by atoms with Gasteiger partial charge in [0, 0.05) is 23.8 Å². The number of aromatic nitrogens is 4. The van der Waals surface area contributed by atoms with Crippen molar-refractivity contribution in [3.63, 3.8) is 0 Å². The van der Waals surface area contributed by atoms with Gasteiger partial charge in [-0.25, -0.2) is 15.0 Å². The molecule has 1 N–H and O–H groups in total. The Labute approximate surface area is 143 Å². The first-order chi connectivity index (χ1) is 12.3. The zero-order chi connectivity index (χ0) is 17.1. The van der Waals surface area contributed by atoms with E-state index in [0.29, 0.717) is 12.2 Å². The van der Waals surface area contributed by atoms with Crippen LogP contribution in [0.25, 0.3) is 11.0 Å². The van der Waals surface area contributed by atoms with Crippen LogP contribution in [0.2, 0.25) is 0 Å². The van der Waals surface area contributed by atoms with Crippen molar-refractivity contribution < 1.29 is 0 Å². The lowest BCUT2D eigenvalue weighted by Gasteiger charge is -2.22. The Morgan fingerprint density at radius 3 is 2.16 bits per heavy atom. The predicted octanol–water partition coefficient (Wildman–Crippen LogP) is 3.05. The van der Waals surface area contributed by atoms with Gasteiger partial charge in [-0.2, -0.15) is 0 Å². The van der Waals surface area contributed by atoms with Crippen molar-refractivity contribution in [2.75, 3.05) is 4.90 Å². The molecule has 4 rings (SSSR count). The second kappa shape index (κ2) is 6.52. The molecule has 4 heterocycles. The summed E-state index contributed by atoms with van der Waals surface area (Å²) in [6, 6.07) is 18.6. The van der Waals surface area contributed by atoms with Gasteiger partial charge in [0.15, 0.2) is 0 Å². The summed E-state index contributed by atoms with van der Waals surface area (Å²) in [6.07, 6.45) is 3.49. The molecule has 4 aromatic rings. The van der Waals surface area contributed by atoms with E-state index in [4.69, 9.17) is 0 Å². The van der Waals surface area contributed by atoms with Crippen LogP contribution in [0.3, 0.4) is 0 Å². The van der Waals surface area contributed by atoms with Gasteiger partial charge in [0.2, 0.25) is 5.56 Å². The Morgan fingerprint density at radius 2 is 1.52 bits per heavy atom. The third-order valence-corrected chi connectivity index (χ3v) is 3.81. The maximum absolute atomic E-state index is 11.5. The Bertz CT molecular complexity index is 1010. The molecule has 0 radical (unpaired) electrons. The normalized spacial score (nSPS) is 10.7. The molecule has 0 bridgehead atoms. The van der Waals surface area contributed by atoms with Crippen molar-refractivity contribution in [3.8, 4) is 0 Å². The molecule has 0 aromatic carbocycles. The van der Waals surface area contributed by atoms with E-state index in [1.807, 2.05) is 53.4 Å². The van der Waals surface area contributed by atoms with Crippen LogP contribution in [-0.2, 0) is 6.54 Å². The zero-order valence-corrected chi connectivity index (χ0v) is 13.3. The van der Waals surface area contributed by atoms with Crippen molar-refractivity contribution >= 4 is 22.7 Å². The topological polar surface area (TPSA) is 74.8 Å². The largest absolute Gasteiger partial charge is 0.307 e. The lowest BCUT2D eigenvalue weighted by Crippen LogP contribution is -2.19. The average molecular weight is 329 g/mol. The fourth-order valence-corrected chi connectivity index (χ4v) is 2.63. The summed E-state index contributed by atoms with van der Waals surface area (Å²) < 4.78 is 0. The van der Waals surface area contributed by atoms with Crippen molar-refractivity contribution in [1.82, 2.24) is 19.9 Å². The number of aromatic amines is 1. The first kappa shape index (κ1) is 15.0. The molecule has 0 saturated heterocycles. The van der Waals surface area contributed by atoms with Gasteiger partial charge in [0.05, 0.1) is 12.2 Å². The number of H-pyrrole nitrogens is 1. The van der Waals surface area contributed by atoms with E-state index in [9.17, 15) is 4.79 Å². The number of rotatable bonds is 4. The smallest absolute Gasteiger partial charge is 0.249 e. The van der Waals surface area contributed by atoms with E-state index in [1.165, 1.54) is 6.07 Å². The van der Waals surface area contributed by atoms with Crippen LogP contribution >= 0.6 is 0 Å². The fraction of sp³-hybridized carbons (Fsp3) is 0.0526. The van der Waals surface area contributed by atoms with Crippen LogP contribution in [0.4, 0.5) is 11.6 Å². The summed E-state index contributed by atoms with van der Waals surface area (Å²) in [6.45, 7) is 0.487. The van der Waals surface area contributed by atoms with Gasteiger partial charge >= 0.3 is 0 Å². The Balaban J connectivity index is 1.75. The summed E-state index contributed by atoms with van der Waals surface area (Å²) in [7, 11) is 0. The summed E-state index contributed by atoms with van der Waals surface area (Å²) in [5, 5.41) is 0.894. The molecule has 4 aromatic heterocycles. The van der Waals surface area contributed by atoms with E-state index < -0.39 is 0 Å². The van der Waals surface area contributed by atoms with Crippen LogP contribution in [0.15, 0.2) is 77.9 Å². The van der Waals surface area contributed by atoms with Crippen molar-refractivity contribution in [3.05, 3.63) is 89.1 Å². The standard InChI is InChI=1S/C19H15N5O/c25-18-10-8-14-7-9-15(22-19(14)23-18)13-24(16-5-1-3-11-20-16)17-6-2-4-12-21-17/h1-12H,13H2,(H,22,23,25). The number of nitrogens with zero attached hydrogens (tertiary/aromatic N) is 4. The highest BCUT2D eigenvalue weighted by molar-refractivity contribution is 5.74. The molecular formula is C19H15N5O. The van der Waals surface area contributed by atoms with E-state index in [-0.39, 0.29) is 5.56 Å². The maximum atomic E-state index is 11.5. The average Bonchev–Trinajstić information content (AvgIpc) is 2.67. The van der Waals surface area contributed by atoms with E-state index in [1.54, 1.807) is 18.5 Å². The van der Waals surface area contributed by atoms with Crippen molar-refractivity contribution in [2.45, 2.75) is 6.54 Å². The highest BCUT2D eigenvalue weighted by Gasteiger charge is 2.13. The van der Waals surface area contributed by atoms with Gasteiger partial charge in [-0.05, 0) is 42.5 Å². The highest BCUT2D eigenvalue weighted by Crippen LogP contribution is 2.23. The number of hydrogen-bond acceptors (Lipinski definition) is 5. The van der Waals surface area contributed by atoms with Crippen LogP contribution < -0.4 is 10.5 Å². The number of pyridine rings is 4. The number of fused-ring (bicyclic) bond motifs is 1. The lowest BCUT2D eigenvalue weighted by atomic mass is 10.2. The monoisotopic (exact) mass is 329 g/mol. The molecule has 6 nitrogen and oxygen atoms in total. The molecular weight excluding hydrogens is 314 g/mol. The van der Waals surface area contributed by atoms with Gasteiger partial charge in [0.25, 0.3) is 0 Å². The summed E-state index contributed by atoms with van der Waals surface area (Å²) in [4.78, 5) is 29.7. The molecule has 122 valence electrons. The molecule has 0 atom stereocenters. The predicted molar refractivity (Wildman–Crippen MR) is 96.7 cm³/mol. The molecule has 0 aliphatic rings. The Morgan fingerprint density at radius 1 is 0.840 bits per heavy atom. The number of nitrogens with one attached hydrogen (secondary N) is 1. The van der Waals surface area contributed by atoms with Crippen LogP contribution in [-0.4, -0.2) is 19.9 Å². The molecule has 0 saturated carbocycles. The van der Waals surface area contributed by atoms with Gasteiger partial charge < -0.3 is 9.88 Å². The van der Waals surface area contributed by atoms with Gasteiger partial charge in [-0.15, -0.1) is 0 Å². The molecule has 25 heavy (non-hydrogen) atoms. The summed E-state index contributed by atoms with van der Waals surface area (Å²) in [5.74, 6) is 1.56. The highest BCUT2D eigenvalue weighted by atomic mass is 16.1. The quantitative estimate of drug-likeness (QED) is 0.623. The summed E-state index contributed by atoms with van der Waals surface area (Å²) in [5.41, 5.74) is 1.22. The minimum Gasteiger partial charge on any atom is -0.307 e. The molecule has 0 fully saturated rings. The molecule has 0 aliphatic heterocycles. The first-order valence-corrected chi connectivity index (χ1v) is 7.88. The van der Waals surface area contributed by atoms with E-state index in [2.05, 4.69) is 19.9 Å². The maximum Gasteiger partial charge on any atom is 0.249 e. The summed E-state index contributed by atoms with van der Waals surface area (Å²) >= 11 is 0. The van der Waals surface area contributed by atoms with Crippen LogP contribution in [0.5, 0.6) is 0 Å². The molecule has 6 heteroatoms.